The van der Waals surface area contributed by atoms with Crippen LogP contribution < -0.4 is 5.32 Å². The predicted molar refractivity (Wildman–Crippen MR) is 81.9 cm³/mol. The summed E-state index contributed by atoms with van der Waals surface area (Å²) in [6.45, 7) is 5.18. The minimum atomic E-state index is -0.288. The molecule has 0 aliphatic rings. The Morgan fingerprint density at radius 1 is 1.44 bits per heavy atom. The highest BCUT2D eigenvalue weighted by Crippen LogP contribution is 2.23. The monoisotopic (exact) mass is 362 g/mol. The molecule has 0 aliphatic carbocycles. The number of nitro groups is 1. The van der Waals surface area contributed by atoms with Gasteiger partial charge in [-0.2, -0.15) is 0 Å². The molecule has 0 aliphatic heterocycles. The number of rotatable bonds is 7. The van der Waals surface area contributed by atoms with Crippen LogP contribution in [0.25, 0.3) is 0 Å². The molecule has 18 heavy (non-hydrogen) atoms. The molecule has 0 radical (unpaired) electrons. The summed E-state index contributed by atoms with van der Waals surface area (Å²) < 4.78 is 0.901. The molecule has 5 heteroatoms. The summed E-state index contributed by atoms with van der Waals surface area (Å²) in [5.41, 5.74) is 1.05. The number of nitro benzene ring substituents is 1. The van der Waals surface area contributed by atoms with E-state index in [0.717, 1.165) is 28.5 Å². The highest BCUT2D eigenvalue weighted by molar-refractivity contribution is 14.1. The minimum absolute atomic E-state index is 0.235. The Labute approximate surface area is 121 Å². The molecule has 0 bridgehead atoms. The number of benzene rings is 1. The molecule has 0 heterocycles. The second-order valence-electron chi connectivity index (χ2n) is 4.29. The van der Waals surface area contributed by atoms with Gasteiger partial charge < -0.3 is 5.32 Å². The van der Waals surface area contributed by atoms with Crippen molar-refractivity contribution in [3.05, 3.63) is 37.4 Å². The van der Waals surface area contributed by atoms with Crippen LogP contribution >= 0.6 is 22.6 Å². The van der Waals surface area contributed by atoms with Crippen LogP contribution in [0.1, 0.15) is 32.3 Å². The van der Waals surface area contributed by atoms with Gasteiger partial charge in [-0.25, -0.2) is 0 Å². The third-order valence-corrected chi connectivity index (χ3v) is 3.56. The first kappa shape index (κ1) is 15.4. The van der Waals surface area contributed by atoms with E-state index in [4.69, 9.17) is 0 Å². The highest BCUT2D eigenvalue weighted by atomic mass is 127. The Hall–Kier alpha value is -0.690. The van der Waals surface area contributed by atoms with E-state index in [-0.39, 0.29) is 10.6 Å². The summed E-state index contributed by atoms with van der Waals surface area (Å²) in [4.78, 5) is 10.8. The van der Waals surface area contributed by atoms with Gasteiger partial charge in [0.1, 0.15) is 0 Å². The van der Waals surface area contributed by atoms with Gasteiger partial charge in [0.15, 0.2) is 0 Å². The minimum Gasteiger partial charge on any atom is -0.314 e. The molecular weight excluding hydrogens is 343 g/mol. The lowest BCUT2D eigenvalue weighted by Gasteiger charge is -2.16. The van der Waals surface area contributed by atoms with Crippen molar-refractivity contribution < 1.29 is 4.92 Å². The average molecular weight is 362 g/mol. The van der Waals surface area contributed by atoms with Crippen molar-refractivity contribution in [2.75, 3.05) is 6.54 Å². The van der Waals surface area contributed by atoms with Gasteiger partial charge in [-0.15, -0.1) is 0 Å². The quantitative estimate of drug-likeness (QED) is 0.459. The zero-order chi connectivity index (χ0) is 13.5. The molecule has 1 unspecified atom stereocenters. The molecular formula is C13H19IN2O2. The molecule has 0 saturated carbocycles. The maximum atomic E-state index is 11.0. The number of nitrogens with zero attached hydrogens (tertiary/aromatic N) is 1. The van der Waals surface area contributed by atoms with Crippen LogP contribution in [-0.2, 0) is 6.42 Å². The molecule has 1 atom stereocenters. The topological polar surface area (TPSA) is 55.2 Å². The fraction of sp³-hybridized carbons (Fsp3) is 0.538. The van der Waals surface area contributed by atoms with Crippen molar-refractivity contribution in [3.63, 3.8) is 0 Å². The van der Waals surface area contributed by atoms with Gasteiger partial charge in [0.05, 0.1) is 4.92 Å². The third kappa shape index (κ3) is 4.53. The number of halogens is 1. The lowest BCUT2D eigenvalue weighted by Crippen LogP contribution is -2.31. The lowest BCUT2D eigenvalue weighted by atomic mass is 10.0. The highest BCUT2D eigenvalue weighted by Gasteiger charge is 2.17. The Balaban J connectivity index is 2.84. The van der Waals surface area contributed by atoms with E-state index in [1.807, 2.05) is 12.1 Å². The fourth-order valence-electron chi connectivity index (χ4n) is 1.85. The van der Waals surface area contributed by atoms with Gasteiger partial charge in [0, 0.05) is 21.2 Å². The maximum absolute atomic E-state index is 11.0. The molecule has 0 fully saturated rings. The Bertz CT molecular complexity index is 410. The van der Waals surface area contributed by atoms with E-state index in [9.17, 15) is 10.1 Å². The normalized spacial score (nSPS) is 12.4. The molecule has 1 rings (SSSR count). The summed E-state index contributed by atoms with van der Waals surface area (Å²) >= 11 is 2.10. The van der Waals surface area contributed by atoms with Gasteiger partial charge >= 0.3 is 0 Å². The van der Waals surface area contributed by atoms with Gasteiger partial charge in [0.2, 0.25) is 0 Å². The number of hydrogen-bond acceptors (Lipinski definition) is 3. The van der Waals surface area contributed by atoms with Crippen LogP contribution in [0.2, 0.25) is 0 Å². The van der Waals surface area contributed by atoms with Gasteiger partial charge in [-0.3, -0.25) is 10.1 Å². The van der Waals surface area contributed by atoms with Crippen molar-refractivity contribution in [1.29, 1.82) is 0 Å². The van der Waals surface area contributed by atoms with E-state index in [2.05, 4.69) is 41.8 Å². The van der Waals surface area contributed by atoms with E-state index < -0.39 is 0 Å². The summed E-state index contributed by atoms with van der Waals surface area (Å²) in [6, 6.07) is 5.75. The summed E-state index contributed by atoms with van der Waals surface area (Å²) in [6.07, 6.45) is 2.76. The summed E-state index contributed by atoms with van der Waals surface area (Å²) in [5, 5.41) is 14.5. The maximum Gasteiger partial charge on any atom is 0.273 e. The Morgan fingerprint density at radius 3 is 2.72 bits per heavy atom. The molecule has 0 amide bonds. The van der Waals surface area contributed by atoms with E-state index in [1.165, 1.54) is 0 Å². The largest absolute Gasteiger partial charge is 0.314 e. The third-order valence-electron chi connectivity index (χ3n) is 2.89. The van der Waals surface area contributed by atoms with Crippen LogP contribution in [0.5, 0.6) is 0 Å². The molecule has 100 valence electrons. The average Bonchev–Trinajstić information content (AvgIpc) is 2.35. The molecule has 1 aromatic carbocycles. The molecule has 1 aromatic rings. The fourth-order valence-corrected chi connectivity index (χ4v) is 2.33. The second-order valence-corrected chi connectivity index (χ2v) is 5.54. The predicted octanol–water partition coefficient (Wildman–Crippen LogP) is 3.52. The Kier molecular flexibility index (Phi) is 6.56. The van der Waals surface area contributed by atoms with E-state index >= 15 is 0 Å². The number of nitrogens with one attached hydrogen (secondary N) is 1. The molecule has 4 nitrogen and oxygen atoms in total. The van der Waals surface area contributed by atoms with Gasteiger partial charge in [-0.05, 0) is 54.5 Å². The molecule has 0 saturated heterocycles. The SMILES string of the molecule is CCCNC(CC)Cc1ccc(I)cc1[N+](=O)[O-]. The molecule has 1 N–H and O–H groups in total. The zero-order valence-corrected chi connectivity index (χ0v) is 12.9. The number of hydrogen-bond donors (Lipinski definition) is 1. The smallest absolute Gasteiger partial charge is 0.273 e. The van der Waals surface area contributed by atoms with Gasteiger partial charge in [0.25, 0.3) is 5.69 Å². The Morgan fingerprint density at radius 2 is 2.17 bits per heavy atom. The first-order valence-electron chi connectivity index (χ1n) is 6.24. The van der Waals surface area contributed by atoms with Crippen molar-refractivity contribution in [3.8, 4) is 0 Å². The first-order chi connectivity index (χ1) is 8.58. The van der Waals surface area contributed by atoms with Crippen molar-refractivity contribution >= 4 is 28.3 Å². The van der Waals surface area contributed by atoms with Crippen molar-refractivity contribution in [1.82, 2.24) is 5.32 Å². The second kappa shape index (κ2) is 7.68. The van der Waals surface area contributed by atoms with Crippen LogP contribution in [0.3, 0.4) is 0 Å². The van der Waals surface area contributed by atoms with Crippen LogP contribution in [-0.4, -0.2) is 17.5 Å². The summed E-state index contributed by atoms with van der Waals surface area (Å²) in [5.74, 6) is 0. The standard InChI is InChI=1S/C13H19IN2O2/c1-3-7-15-12(4-2)8-10-5-6-11(14)9-13(10)16(17)18/h5-6,9,12,15H,3-4,7-8H2,1-2H3. The van der Waals surface area contributed by atoms with E-state index in [0.29, 0.717) is 12.5 Å². The van der Waals surface area contributed by atoms with Crippen LogP contribution in [0, 0.1) is 13.7 Å². The lowest BCUT2D eigenvalue weighted by molar-refractivity contribution is -0.385. The van der Waals surface area contributed by atoms with Crippen LogP contribution in [0.15, 0.2) is 18.2 Å². The van der Waals surface area contributed by atoms with E-state index in [1.54, 1.807) is 6.07 Å². The zero-order valence-electron chi connectivity index (χ0n) is 10.8. The summed E-state index contributed by atoms with van der Waals surface area (Å²) in [7, 11) is 0. The van der Waals surface area contributed by atoms with Crippen LogP contribution in [0.4, 0.5) is 5.69 Å². The van der Waals surface area contributed by atoms with Gasteiger partial charge in [-0.1, -0.05) is 19.9 Å². The molecule has 0 aromatic heterocycles. The first-order valence-corrected chi connectivity index (χ1v) is 7.32. The van der Waals surface area contributed by atoms with Crippen molar-refractivity contribution in [2.24, 2.45) is 0 Å². The van der Waals surface area contributed by atoms with Crippen molar-refractivity contribution in [2.45, 2.75) is 39.2 Å². The molecule has 0 spiro atoms.